The molecule has 86 valence electrons. The Labute approximate surface area is 117 Å². The number of halogens is 2. The van der Waals surface area contributed by atoms with Crippen molar-refractivity contribution < 1.29 is 4.74 Å². The van der Waals surface area contributed by atoms with Gasteiger partial charge in [0, 0.05) is 10.9 Å². The monoisotopic (exact) mass is 352 g/mol. The van der Waals surface area contributed by atoms with E-state index in [-0.39, 0.29) is 0 Å². The summed E-state index contributed by atoms with van der Waals surface area (Å²) >= 11 is 7.03. The van der Waals surface area contributed by atoms with Gasteiger partial charge in [-0.05, 0) is 52.4 Å². The Kier molecular flexibility index (Phi) is 2.97. The first-order valence-electron chi connectivity index (χ1n) is 5.44. The van der Waals surface area contributed by atoms with Gasteiger partial charge in [-0.25, -0.2) is 0 Å². The van der Waals surface area contributed by atoms with Crippen LogP contribution >= 0.6 is 31.9 Å². The Morgan fingerprint density at radius 3 is 2.88 bits per heavy atom. The van der Waals surface area contributed by atoms with E-state index in [2.05, 4.69) is 50.1 Å². The van der Waals surface area contributed by atoms with Gasteiger partial charge < -0.3 is 4.74 Å². The van der Waals surface area contributed by atoms with Crippen molar-refractivity contribution in [1.82, 2.24) is 0 Å². The predicted octanol–water partition coefficient (Wildman–Crippen LogP) is 4.88. The van der Waals surface area contributed by atoms with Gasteiger partial charge in [-0.2, -0.15) is 0 Å². The van der Waals surface area contributed by atoms with Crippen LogP contribution in [0.2, 0.25) is 0 Å². The van der Waals surface area contributed by atoms with Crippen molar-refractivity contribution >= 4 is 31.9 Å². The summed E-state index contributed by atoms with van der Waals surface area (Å²) in [5, 5.41) is 0. The van der Waals surface area contributed by atoms with E-state index in [0.29, 0.717) is 0 Å². The van der Waals surface area contributed by atoms with E-state index in [9.17, 15) is 0 Å². The van der Waals surface area contributed by atoms with Gasteiger partial charge in [-0.1, -0.05) is 37.9 Å². The Hall–Kier alpha value is -0.800. The molecule has 1 aromatic rings. The van der Waals surface area contributed by atoms with Gasteiger partial charge in [-0.15, -0.1) is 0 Å². The summed E-state index contributed by atoms with van der Waals surface area (Å²) in [7, 11) is 0. The molecule has 0 radical (unpaired) electrons. The molecule has 0 bridgehead atoms. The number of hydrogen-bond donors (Lipinski definition) is 0. The van der Waals surface area contributed by atoms with Crippen molar-refractivity contribution in [2.24, 2.45) is 0 Å². The summed E-state index contributed by atoms with van der Waals surface area (Å²) in [4.78, 5) is 0. The van der Waals surface area contributed by atoms with E-state index in [0.717, 1.165) is 28.8 Å². The largest absolute Gasteiger partial charge is 0.457 e. The van der Waals surface area contributed by atoms with Crippen molar-refractivity contribution in [1.29, 1.82) is 0 Å². The van der Waals surface area contributed by atoms with Gasteiger partial charge in [0.05, 0.1) is 0 Å². The molecule has 3 heteroatoms. The number of rotatable bonds is 0. The third-order valence-electron chi connectivity index (χ3n) is 2.90. The lowest BCUT2D eigenvalue weighted by atomic mass is 10.0. The molecule has 1 nitrogen and oxygen atoms in total. The van der Waals surface area contributed by atoms with Crippen LogP contribution in [0, 0.1) is 0 Å². The van der Waals surface area contributed by atoms with Crippen LogP contribution < -0.4 is 4.74 Å². The minimum Gasteiger partial charge on any atom is -0.457 e. The van der Waals surface area contributed by atoms with Crippen LogP contribution in [0.5, 0.6) is 5.75 Å². The third-order valence-corrected chi connectivity index (χ3v) is 3.94. The van der Waals surface area contributed by atoms with Gasteiger partial charge in [0.15, 0.2) is 0 Å². The van der Waals surface area contributed by atoms with E-state index in [1.807, 2.05) is 18.2 Å². The molecule has 0 aromatic heterocycles. The van der Waals surface area contributed by atoms with Crippen LogP contribution in [0.1, 0.15) is 12.0 Å². The maximum absolute atomic E-state index is 5.97. The standard InChI is InChI=1S/C14H10Br2O/c15-11-3-5-13-9(7-11)1-2-10-8-12(16)4-6-14(10)17-13/h1,3-6,8H,2,7H2. The maximum atomic E-state index is 5.97. The predicted molar refractivity (Wildman–Crippen MR) is 76.3 cm³/mol. The molecule has 1 aliphatic carbocycles. The van der Waals surface area contributed by atoms with E-state index < -0.39 is 0 Å². The fraction of sp³-hybridized carbons (Fsp3) is 0.143. The van der Waals surface area contributed by atoms with E-state index in [1.165, 1.54) is 15.6 Å². The van der Waals surface area contributed by atoms with Gasteiger partial charge in [0.1, 0.15) is 11.5 Å². The average Bonchev–Trinajstić information content (AvgIpc) is 2.48. The molecule has 0 N–H and O–H groups in total. The average molecular weight is 354 g/mol. The van der Waals surface area contributed by atoms with Gasteiger partial charge >= 0.3 is 0 Å². The van der Waals surface area contributed by atoms with Crippen molar-refractivity contribution in [2.45, 2.75) is 12.8 Å². The molecule has 0 saturated carbocycles. The molecule has 0 saturated heterocycles. The van der Waals surface area contributed by atoms with Crippen molar-refractivity contribution in [3.63, 3.8) is 0 Å². The second-order valence-electron chi connectivity index (χ2n) is 4.11. The number of fused-ring (bicyclic) bond motifs is 2. The molecule has 0 spiro atoms. The first kappa shape index (κ1) is 11.3. The molecule has 2 aliphatic rings. The van der Waals surface area contributed by atoms with Crippen molar-refractivity contribution in [3.8, 4) is 5.75 Å². The molecule has 0 atom stereocenters. The highest BCUT2D eigenvalue weighted by atomic mass is 79.9. The lowest BCUT2D eigenvalue weighted by Crippen LogP contribution is -2.01. The fourth-order valence-corrected chi connectivity index (χ4v) is 2.87. The summed E-state index contributed by atoms with van der Waals surface area (Å²) in [6.45, 7) is 0. The smallest absolute Gasteiger partial charge is 0.131 e. The molecule has 0 unspecified atom stereocenters. The highest BCUT2D eigenvalue weighted by molar-refractivity contribution is 9.11. The molecule has 0 amide bonds. The molecular formula is C14H10Br2O. The van der Waals surface area contributed by atoms with Crippen LogP contribution in [0.25, 0.3) is 0 Å². The van der Waals surface area contributed by atoms with E-state index in [4.69, 9.17) is 4.74 Å². The zero-order valence-electron chi connectivity index (χ0n) is 9.04. The quantitative estimate of drug-likeness (QED) is 0.646. The first-order valence-corrected chi connectivity index (χ1v) is 7.03. The van der Waals surface area contributed by atoms with Crippen LogP contribution in [0.4, 0.5) is 0 Å². The number of hydrogen-bond acceptors (Lipinski definition) is 1. The Balaban J connectivity index is 2.04. The minimum atomic E-state index is 0.918. The molecule has 0 fully saturated rings. The molecule has 1 heterocycles. The maximum Gasteiger partial charge on any atom is 0.131 e. The number of benzene rings is 1. The highest BCUT2D eigenvalue weighted by Crippen LogP contribution is 2.35. The first-order chi connectivity index (χ1) is 8.22. The summed E-state index contributed by atoms with van der Waals surface area (Å²) in [6.07, 6.45) is 8.16. The topological polar surface area (TPSA) is 9.23 Å². The van der Waals surface area contributed by atoms with E-state index in [1.54, 1.807) is 0 Å². The van der Waals surface area contributed by atoms with E-state index >= 15 is 0 Å². The second kappa shape index (κ2) is 4.46. The fourth-order valence-electron chi connectivity index (χ4n) is 2.03. The third kappa shape index (κ3) is 2.26. The van der Waals surface area contributed by atoms with Crippen molar-refractivity contribution in [3.05, 3.63) is 62.3 Å². The summed E-state index contributed by atoms with van der Waals surface area (Å²) in [6, 6.07) is 6.15. The van der Waals surface area contributed by atoms with Gasteiger partial charge in [0.2, 0.25) is 0 Å². The molecule has 17 heavy (non-hydrogen) atoms. The molecule has 1 aliphatic heterocycles. The normalized spacial score (nSPS) is 17.9. The summed E-state index contributed by atoms with van der Waals surface area (Å²) in [5.41, 5.74) is 2.48. The Bertz CT molecular complexity index is 568. The highest BCUT2D eigenvalue weighted by Gasteiger charge is 2.18. The summed E-state index contributed by atoms with van der Waals surface area (Å²) in [5.74, 6) is 1.92. The van der Waals surface area contributed by atoms with Crippen molar-refractivity contribution in [2.75, 3.05) is 0 Å². The van der Waals surface area contributed by atoms with Crippen LogP contribution in [-0.2, 0) is 6.42 Å². The van der Waals surface area contributed by atoms with Gasteiger partial charge in [0.25, 0.3) is 0 Å². The molecular weight excluding hydrogens is 344 g/mol. The van der Waals surface area contributed by atoms with Crippen LogP contribution in [-0.4, -0.2) is 0 Å². The van der Waals surface area contributed by atoms with Gasteiger partial charge in [-0.3, -0.25) is 0 Å². The lowest BCUT2D eigenvalue weighted by molar-refractivity contribution is 0.432. The zero-order chi connectivity index (χ0) is 11.8. The van der Waals surface area contributed by atoms with Crippen LogP contribution in [0.15, 0.2) is 56.7 Å². The summed E-state index contributed by atoms with van der Waals surface area (Å²) < 4.78 is 8.26. The number of allylic oxidation sites excluding steroid dienone is 5. The SMILES string of the molecule is BrC1=CC=C2Oc3ccc(Br)cc3CC=C2C1. The second-order valence-corrected chi connectivity index (χ2v) is 6.04. The molecule has 3 rings (SSSR count). The minimum absolute atomic E-state index is 0.918. The molecule has 1 aromatic carbocycles. The Morgan fingerprint density at radius 2 is 2.00 bits per heavy atom. The Morgan fingerprint density at radius 1 is 1.12 bits per heavy atom. The van der Waals surface area contributed by atoms with Crippen LogP contribution in [0.3, 0.4) is 0 Å². The zero-order valence-corrected chi connectivity index (χ0v) is 12.2. The number of ether oxygens (including phenoxy) is 1. The lowest BCUT2D eigenvalue weighted by Gasteiger charge is -2.15.